The Morgan fingerprint density at radius 3 is 2.17 bits per heavy atom. The Morgan fingerprint density at radius 2 is 1.50 bits per heavy atom. The van der Waals surface area contributed by atoms with Crippen molar-refractivity contribution < 1.29 is 26.7 Å². The van der Waals surface area contributed by atoms with Crippen molar-refractivity contribution in [3.63, 3.8) is 0 Å². The highest BCUT2D eigenvalue weighted by atomic mass is 19.3. The fourth-order valence-corrected chi connectivity index (χ4v) is 5.36. The molecule has 2 aromatic rings. The zero-order valence-corrected chi connectivity index (χ0v) is 16.8. The van der Waals surface area contributed by atoms with Gasteiger partial charge in [0.2, 0.25) is 0 Å². The maximum Gasteiger partial charge on any atom is 0.387 e. The van der Waals surface area contributed by atoms with E-state index in [1.54, 1.807) is 0 Å². The number of ether oxygens (including phenoxy) is 1. The summed E-state index contributed by atoms with van der Waals surface area (Å²) in [5, 5.41) is 0. The van der Waals surface area contributed by atoms with Crippen molar-refractivity contribution in [3.8, 4) is 16.9 Å². The zero-order valence-electron chi connectivity index (χ0n) is 16.8. The predicted molar refractivity (Wildman–Crippen MR) is 105 cm³/mol. The van der Waals surface area contributed by atoms with Crippen molar-refractivity contribution in [1.82, 2.24) is 0 Å². The van der Waals surface area contributed by atoms with Crippen LogP contribution in [0.25, 0.3) is 11.1 Å². The quantitative estimate of drug-likeness (QED) is 0.457. The van der Waals surface area contributed by atoms with Gasteiger partial charge in [0.25, 0.3) is 0 Å². The van der Waals surface area contributed by atoms with Crippen molar-refractivity contribution in [2.75, 3.05) is 0 Å². The third kappa shape index (κ3) is 4.33. The van der Waals surface area contributed by atoms with Gasteiger partial charge in [0.05, 0.1) is 0 Å². The summed E-state index contributed by atoms with van der Waals surface area (Å²) >= 11 is 0. The third-order valence-corrected chi connectivity index (χ3v) is 6.86. The molecule has 0 amide bonds. The van der Waals surface area contributed by atoms with E-state index in [0.717, 1.165) is 48.8 Å². The summed E-state index contributed by atoms with van der Waals surface area (Å²) in [7, 11) is 0. The first-order valence-corrected chi connectivity index (χ1v) is 10.6. The molecule has 30 heavy (non-hydrogen) atoms. The standard InChI is InChI=1S/C24H25F5O/c1-13-2-3-15-9-16(5-4-14(15)8-13)17-6-7-19(20(25)10-17)18-11-21(26)23(22(27)12-18)30-24(28)29/h6-7,10-16,24H,2-5,8-9H2,1H3/t13?,14-,15-,16-/m1/s1. The minimum atomic E-state index is -3.35. The molecule has 162 valence electrons. The molecule has 0 bridgehead atoms. The van der Waals surface area contributed by atoms with E-state index in [1.165, 1.54) is 31.4 Å². The van der Waals surface area contributed by atoms with Gasteiger partial charge in [0.1, 0.15) is 5.82 Å². The summed E-state index contributed by atoms with van der Waals surface area (Å²) in [4.78, 5) is 0. The second-order valence-corrected chi connectivity index (χ2v) is 8.84. The summed E-state index contributed by atoms with van der Waals surface area (Å²) in [6, 6.07) is 6.40. The SMILES string of the molecule is CC1CC[C@@H]2C[C@H](c3ccc(-c4cc(F)c(OC(F)F)c(F)c4)c(F)c3)CC[C@@H]2C1. The second-order valence-electron chi connectivity index (χ2n) is 8.84. The molecule has 2 aromatic carbocycles. The van der Waals surface area contributed by atoms with Crippen LogP contribution in [0.5, 0.6) is 5.75 Å². The van der Waals surface area contributed by atoms with E-state index in [9.17, 15) is 22.0 Å². The van der Waals surface area contributed by atoms with E-state index in [1.807, 2.05) is 6.07 Å². The lowest BCUT2D eigenvalue weighted by Gasteiger charge is -2.41. The smallest absolute Gasteiger partial charge is 0.387 e. The minimum Gasteiger partial charge on any atom is -0.429 e. The molecule has 1 nitrogen and oxygen atoms in total. The van der Waals surface area contributed by atoms with Gasteiger partial charge in [0, 0.05) is 5.56 Å². The molecule has 0 N–H and O–H groups in total. The molecular formula is C24H25F5O. The molecule has 0 heterocycles. The van der Waals surface area contributed by atoms with Crippen molar-refractivity contribution in [2.24, 2.45) is 17.8 Å². The van der Waals surface area contributed by atoms with E-state index >= 15 is 0 Å². The largest absolute Gasteiger partial charge is 0.429 e. The number of alkyl halides is 2. The van der Waals surface area contributed by atoms with Gasteiger partial charge in [-0.3, -0.25) is 0 Å². The van der Waals surface area contributed by atoms with Gasteiger partial charge in [-0.15, -0.1) is 0 Å². The second kappa shape index (κ2) is 8.56. The van der Waals surface area contributed by atoms with E-state index in [2.05, 4.69) is 11.7 Å². The first-order chi connectivity index (χ1) is 14.3. The fourth-order valence-electron chi connectivity index (χ4n) is 5.36. The van der Waals surface area contributed by atoms with Crippen LogP contribution in [0.1, 0.15) is 56.9 Å². The molecule has 2 fully saturated rings. The van der Waals surface area contributed by atoms with Crippen molar-refractivity contribution >= 4 is 0 Å². The molecule has 4 rings (SSSR count). The number of benzene rings is 2. The lowest BCUT2D eigenvalue weighted by Crippen LogP contribution is -2.29. The molecule has 1 unspecified atom stereocenters. The summed E-state index contributed by atoms with van der Waals surface area (Å²) in [5.74, 6) is -1.78. The molecule has 2 aliphatic rings. The molecular weight excluding hydrogens is 399 g/mol. The molecule has 2 saturated carbocycles. The lowest BCUT2D eigenvalue weighted by molar-refractivity contribution is -0.0546. The maximum absolute atomic E-state index is 14.9. The highest BCUT2D eigenvalue weighted by Crippen LogP contribution is 2.47. The van der Waals surface area contributed by atoms with Gasteiger partial charge < -0.3 is 4.74 Å². The van der Waals surface area contributed by atoms with E-state index in [4.69, 9.17) is 0 Å². The van der Waals surface area contributed by atoms with Crippen LogP contribution >= 0.6 is 0 Å². The Bertz CT molecular complexity index is 889. The Hall–Kier alpha value is -2.11. The van der Waals surface area contributed by atoms with Gasteiger partial charge in [-0.25, -0.2) is 13.2 Å². The summed E-state index contributed by atoms with van der Waals surface area (Å²) < 4.78 is 71.4. The Labute approximate surface area is 173 Å². The number of hydrogen-bond donors (Lipinski definition) is 0. The van der Waals surface area contributed by atoms with Crippen molar-refractivity contribution in [3.05, 3.63) is 53.3 Å². The van der Waals surface area contributed by atoms with Crippen LogP contribution in [0.4, 0.5) is 22.0 Å². The molecule has 0 saturated heterocycles. The van der Waals surface area contributed by atoms with Gasteiger partial charge in [-0.05, 0) is 85.1 Å². The zero-order chi connectivity index (χ0) is 21.4. The topological polar surface area (TPSA) is 9.23 Å². The monoisotopic (exact) mass is 424 g/mol. The number of halogens is 5. The number of fused-ring (bicyclic) bond motifs is 1. The first-order valence-electron chi connectivity index (χ1n) is 10.6. The summed E-state index contributed by atoms with van der Waals surface area (Å²) in [6.07, 6.45) is 7.00. The van der Waals surface area contributed by atoms with Gasteiger partial charge >= 0.3 is 6.61 Å². The first kappa shape index (κ1) is 21.1. The van der Waals surface area contributed by atoms with Crippen molar-refractivity contribution in [2.45, 2.75) is 58.0 Å². The molecule has 0 aliphatic heterocycles. The average molecular weight is 424 g/mol. The number of hydrogen-bond acceptors (Lipinski definition) is 1. The van der Waals surface area contributed by atoms with Crippen LogP contribution in [0.2, 0.25) is 0 Å². The molecule has 2 aliphatic carbocycles. The van der Waals surface area contributed by atoms with Gasteiger partial charge in [0.15, 0.2) is 17.4 Å². The Kier molecular flexibility index (Phi) is 6.03. The highest BCUT2D eigenvalue weighted by molar-refractivity contribution is 5.66. The average Bonchev–Trinajstić information content (AvgIpc) is 2.70. The van der Waals surface area contributed by atoms with Crippen LogP contribution in [0.3, 0.4) is 0 Å². The highest BCUT2D eigenvalue weighted by Gasteiger charge is 2.35. The third-order valence-electron chi connectivity index (χ3n) is 6.86. The van der Waals surface area contributed by atoms with Crippen LogP contribution in [0, 0.1) is 35.2 Å². The summed E-state index contributed by atoms with van der Waals surface area (Å²) in [5.41, 5.74) is 0.882. The van der Waals surface area contributed by atoms with Crippen LogP contribution < -0.4 is 4.74 Å². The fraction of sp³-hybridized carbons (Fsp3) is 0.500. The van der Waals surface area contributed by atoms with Crippen molar-refractivity contribution in [1.29, 1.82) is 0 Å². The molecule has 0 radical (unpaired) electrons. The van der Waals surface area contributed by atoms with Crippen LogP contribution in [-0.2, 0) is 0 Å². The Morgan fingerprint density at radius 1 is 0.833 bits per heavy atom. The van der Waals surface area contributed by atoms with Gasteiger partial charge in [-0.2, -0.15) is 8.78 Å². The van der Waals surface area contributed by atoms with E-state index in [0.29, 0.717) is 11.8 Å². The minimum absolute atomic E-state index is 0.0281. The molecule has 6 heteroatoms. The lowest BCUT2D eigenvalue weighted by atomic mass is 9.64. The molecule has 0 spiro atoms. The normalized spacial score (nSPS) is 26.5. The van der Waals surface area contributed by atoms with Crippen LogP contribution in [-0.4, -0.2) is 6.61 Å². The van der Waals surface area contributed by atoms with Gasteiger partial charge in [-0.1, -0.05) is 25.5 Å². The molecule has 4 atom stereocenters. The number of rotatable bonds is 4. The summed E-state index contributed by atoms with van der Waals surface area (Å²) in [6.45, 7) is -1.04. The predicted octanol–water partition coefficient (Wildman–Crippen LogP) is 7.69. The van der Waals surface area contributed by atoms with E-state index < -0.39 is 29.8 Å². The van der Waals surface area contributed by atoms with E-state index in [-0.39, 0.29) is 11.1 Å². The maximum atomic E-state index is 14.9. The van der Waals surface area contributed by atoms with Crippen LogP contribution in [0.15, 0.2) is 30.3 Å². The Balaban J connectivity index is 1.54. The molecule has 0 aromatic heterocycles.